The summed E-state index contributed by atoms with van der Waals surface area (Å²) in [6.07, 6.45) is 0. The third-order valence-corrected chi connectivity index (χ3v) is 4.05. The van der Waals surface area contributed by atoms with Crippen LogP contribution in [0.4, 0.5) is 17.1 Å². The van der Waals surface area contributed by atoms with Gasteiger partial charge in [-0.2, -0.15) is 0 Å². The van der Waals surface area contributed by atoms with Crippen molar-refractivity contribution in [3.05, 3.63) is 84.4 Å². The zero-order valence-corrected chi connectivity index (χ0v) is 16.3. The number of anilines is 3. The fourth-order valence-electron chi connectivity index (χ4n) is 2.43. The lowest BCUT2D eigenvalue weighted by molar-refractivity contribution is -0.121. The van der Waals surface area contributed by atoms with Crippen LogP contribution in [-0.2, 0) is 4.79 Å². The van der Waals surface area contributed by atoms with Crippen molar-refractivity contribution in [2.24, 2.45) is 0 Å². The quantitative estimate of drug-likeness (QED) is 0.535. The molecule has 0 aliphatic carbocycles. The molecule has 3 N–H and O–H groups in total. The van der Waals surface area contributed by atoms with Crippen LogP contribution in [-0.4, -0.2) is 17.6 Å². The lowest BCUT2D eigenvalue weighted by Gasteiger charge is -2.11. The molecular weight excluding hydrogens is 370 g/mol. The van der Waals surface area contributed by atoms with E-state index in [-0.39, 0.29) is 17.6 Å². The lowest BCUT2D eigenvalue weighted by Crippen LogP contribution is -2.37. The van der Waals surface area contributed by atoms with Gasteiger partial charge in [0.15, 0.2) is 11.7 Å². The number of rotatable bonds is 6. The second-order valence-corrected chi connectivity index (χ2v) is 6.58. The number of hydrogen-bond acceptors (Lipinski definition) is 4. The monoisotopic (exact) mass is 391 g/mol. The number of nitrogens with one attached hydrogen (secondary N) is 3. The first-order chi connectivity index (χ1) is 13.6. The van der Waals surface area contributed by atoms with Gasteiger partial charge in [-0.15, -0.1) is 0 Å². The molecule has 0 unspecified atom stereocenters. The molecule has 0 radical (unpaired) electrons. The third-order valence-electron chi connectivity index (χ3n) is 3.85. The van der Waals surface area contributed by atoms with Gasteiger partial charge in [0.25, 0.3) is 5.91 Å². The summed E-state index contributed by atoms with van der Waals surface area (Å²) >= 11 is 5.18. The Morgan fingerprint density at radius 2 is 1.46 bits per heavy atom. The number of ether oxygens (including phenoxy) is 1. The van der Waals surface area contributed by atoms with E-state index >= 15 is 0 Å². The minimum Gasteiger partial charge on any atom is -0.484 e. The zero-order chi connectivity index (χ0) is 19.8. The number of amides is 1. The van der Waals surface area contributed by atoms with Crippen LogP contribution in [0.5, 0.6) is 5.75 Å². The van der Waals surface area contributed by atoms with Crippen LogP contribution in [0.15, 0.2) is 78.9 Å². The Balaban J connectivity index is 1.44. The van der Waals surface area contributed by atoms with Crippen LogP contribution in [0, 0.1) is 6.92 Å². The first kappa shape index (κ1) is 19.4. The van der Waals surface area contributed by atoms with E-state index in [1.165, 1.54) is 0 Å². The molecule has 0 heterocycles. The van der Waals surface area contributed by atoms with Crippen LogP contribution in [0.2, 0.25) is 0 Å². The SMILES string of the molecule is Cc1ccc(OCC(=O)NC(=S)Nc2ccc(Nc3ccccc3)cc2)cc1. The van der Waals surface area contributed by atoms with Crippen LogP contribution in [0.25, 0.3) is 0 Å². The molecule has 0 aliphatic heterocycles. The zero-order valence-electron chi connectivity index (χ0n) is 15.4. The normalized spacial score (nSPS) is 10.0. The maximum Gasteiger partial charge on any atom is 0.264 e. The highest BCUT2D eigenvalue weighted by atomic mass is 32.1. The Morgan fingerprint density at radius 1 is 0.857 bits per heavy atom. The second-order valence-electron chi connectivity index (χ2n) is 6.17. The van der Waals surface area contributed by atoms with Gasteiger partial charge in [0.05, 0.1) is 0 Å². The Labute approximate surface area is 169 Å². The predicted molar refractivity (Wildman–Crippen MR) is 117 cm³/mol. The average molecular weight is 391 g/mol. The van der Waals surface area contributed by atoms with Gasteiger partial charge in [0.2, 0.25) is 0 Å². The largest absolute Gasteiger partial charge is 0.484 e. The second kappa shape index (κ2) is 9.53. The van der Waals surface area contributed by atoms with E-state index < -0.39 is 0 Å². The van der Waals surface area contributed by atoms with Crippen molar-refractivity contribution in [3.63, 3.8) is 0 Å². The minimum absolute atomic E-state index is 0.106. The van der Waals surface area contributed by atoms with Crippen molar-refractivity contribution in [2.45, 2.75) is 6.92 Å². The number of hydrogen-bond donors (Lipinski definition) is 3. The summed E-state index contributed by atoms with van der Waals surface area (Å²) in [5.74, 6) is 0.321. The van der Waals surface area contributed by atoms with E-state index in [9.17, 15) is 4.79 Å². The van der Waals surface area contributed by atoms with Gasteiger partial charge in [-0.25, -0.2) is 0 Å². The Morgan fingerprint density at radius 3 is 2.14 bits per heavy atom. The molecule has 0 saturated carbocycles. The van der Waals surface area contributed by atoms with E-state index in [2.05, 4.69) is 16.0 Å². The summed E-state index contributed by atoms with van der Waals surface area (Å²) in [7, 11) is 0. The molecule has 3 aromatic carbocycles. The summed E-state index contributed by atoms with van der Waals surface area (Å²) in [5.41, 5.74) is 3.88. The van der Waals surface area contributed by atoms with Crippen molar-refractivity contribution in [1.29, 1.82) is 0 Å². The van der Waals surface area contributed by atoms with E-state index in [0.717, 1.165) is 22.6 Å². The third kappa shape index (κ3) is 6.10. The standard InChI is InChI=1S/C22H21N3O2S/c1-16-7-13-20(14-8-16)27-15-21(26)25-22(28)24-19-11-9-18(10-12-19)23-17-5-3-2-4-6-17/h2-14,23H,15H2,1H3,(H2,24,25,26,28). The highest BCUT2D eigenvalue weighted by molar-refractivity contribution is 7.80. The van der Waals surface area contributed by atoms with Gasteiger partial charge in [-0.3, -0.25) is 10.1 Å². The van der Waals surface area contributed by atoms with Crippen LogP contribution >= 0.6 is 12.2 Å². The molecule has 1 amide bonds. The van der Waals surface area contributed by atoms with Gasteiger partial charge in [0.1, 0.15) is 5.75 Å². The summed E-state index contributed by atoms with van der Waals surface area (Å²) in [6.45, 7) is 1.88. The van der Waals surface area contributed by atoms with Gasteiger partial charge in [0, 0.05) is 17.1 Å². The van der Waals surface area contributed by atoms with E-state index in [4.69, 9.17) is 17.0 Å². The minimum atomic E-state index is -0.319. The molecule has 6 heteroatoms. The van der Waals surface area contributed by atoms with Crippen molar-refractivity contribution in [2.75, 3.05) is 17.2 Å². The first-order valence-electron chi connectivity index (χ1n) is 8.81. The molecule has 3 rings (SSSR count). The summed E-state index contributed by atoms with van der Waals surface area (Å²) in [6, 6.07) is 25.0. The summed E-state index contributed by atoms with van der Waals surface area (Å²) < 4.78 is 5.44. The number of benzene rings is 3. The van der Waals surface area contributed by atoms with Gasteiger partial charge in [-0.05, 0) is 67.7 Å². The van der Waals surface area contributed by atoms with Gasteiger partial charge >= 0.3 is 0 Å². The molecule has 3 aromatic rings. The molecule has 0 spiro atoms. The summed E-state index contributed by atoms with van der Waals surface area (Å²) in [4.78, 5) is 12.0. The molecule has 5 nitrogen and oxygen atoms in total. The molecule has 142 valence electrons. The highest BCUT2D eigenvalue weighted by Gasteiger charge is 2.06. The van der Waals surface area contributed by atoms with E-state index in [0.29, 0.717) is 5.75 Å². The molecule has 0 atom stereocenters. The number of para-hydroxylation sites is 1. The van der Waals surface area contributed by atoms with Crippen LogP contribution < -0.4 is 20.7 Å². The van der Waals surface area contributed by atoms with Crippen molar-refractivity contribution < 1.29 is 9.53 Å². The van der Waals surface area contributed by atoms with Crippen LogP contribution in [0.3, 0.4) is 0 Å². The highest BCUT2D eigenvalue weighted by Crippen LogP contribution is 2.18. The first-order valence-corrected chi connectivity index (χ1v) is 9.22. The molecule has 0 aromatic heterocycles. The summed E-state index contributed by atoms with van der Waals surface area (Å²) in [5, 5.41) is 9.12. The fourth-order valence-corrected chi connectivity index (χ4v) is 2.67. The predicted octanol–water partition coefficient (Wildman–Crippen LogP) is 4.63. The Bertz CT molecular complexity index is 926. The van der Waals surface area contributed by atoms with E-state index in [1.807, 2.05) is 85.8 Å². The van der Waals surface area contributed by atoms with Crippen molar-refractivity contribution in [1.82, 2.24) is 5.32 Å². The van der Waals surface area contributed by atoms with Gasteiger partial charge < -0.3 is 15.4 Å². The lowest BCUT2D eigenvalue weighted by atomic mass is 10.2. The number of thiocarbonyl (C=S) groups is 1. The molecule has 28 heavy (non-hydrogen) atoms. The smallest absolute Gasteiger partial charge is 0.264 e. The average Bonchev–Trinajstić information content (AvgIpc) is 2.70. The van der Waals surface area contributed by atoms with E-state index in [1.54, 1.807) is 0 Å². The van der Waals surface area contributed by atoms with Crippen molar-refractivity contribution >= 4 is 40.3 Å². The van der Waals surface area contributed by atoms with Gasteiger partial charge in [-0.1, -0.05) is 35.9 Å². The number of carbonyl (C=O) groups excluding carboxylic acids is 1. The fraction of sp³-hybridized carbons (Fsp3) is 0.0909. The van der Waals surface area contributed by atoms with Crippen molar-refractivity contribution in [3.8, 4) is 5.75 Å². The maximum absolute atomic E-state index is 12.0. The molecular formula is C22H21N3O2S. The maximum atomic E-state index is 12.0. The molecule has 0 fully saturated rings. The number of aryl methyl sites for hydroxylation is 1. The Kier molecular flexibility index (Phi) is 6.59. The molecule has 0 bridgehead atoms. The molecule has 0 aliphatic rings. The van der Waals surface area contributed by atoms with Crippen LogP contribution in [0.1, 0.15) is 5.56 Å². The molecule has 0 saturated heterocycles. The number of carbonyl (C=O) groups is 1. The Hall–Kier alpha value is -3.38. The topological polar surface area (TPSA) is 62.4 Å².